The molecular formula is C24H35N3O4. The lowest BCUT2D eigenvalue weighted by Gasteiger charge is -2.39. The third kappa shape index (κ3) is 4.52. The highest BCUT2D eigenvalue weighted by Gasteiger charge is 2.48. The molecule has 1 aromatic rings. The van der Waals surface area contributed by atoms with Crippen LogP contribution in [0.3, 0.4) is 0 Å². The van der Waals surface area contributed by atoms with Crippen LogP contribution in [0.15, 0.2) is 18.2 Å². The lowest BCUT2D eigenvalue weighted by Crippen LogP contribution is -2.44. The Hall–Kier alpha value is -2.28. The van der Waals surface area contributed by atoms with E-state index in [1.54, 1.807) is 14.2 Å². The molecule has 7 nitrogen and oxygen atoms in total. The standard InChI is InChI=1S/C24H35N3O4/c1-25-17-24(16-20(25)23(29)27-10-4-5-11-27)8-12-26(13-9-24)22(28)15-18-14-19(30-2)6-7-21(18)31-3/h6-7,14,20H,4-5,8-13,15-17H2,1-3H3. The lowest BCUT2D eigenvalue weighted by molar-refractivity contribution is -0.135. The zero-order chi connectivity index (χ0) is 22.0. The summed E-state index contributed by atoms with van der Waals surface area (Å²) in [6.45, 7) is 4.27. The Balaban J connectivity index is 1.35. The maximum atomic E-state index is 13.0. The predicted octanol–water partition coefficient (Wildman–Crippen LogP) is 2.18. The van der Waals surface area contributed by atoms with Crippen molar-refractivity contribution >= 4 is 11.8 Å². The van der Waals surface area contributed by atoms with E-state index >= 15 is 0 Å². The van der Waals surface area contributed by atoms with Crippen LogP contribution in [-0.2, 0) is 16.0 Å². The van der Waals surface area contributed by atoms with Gasteiger partial charge in [0.1, 0.15) is 11.5 Å². The molecule has 0 radical (unpaired) electrons. The summed E-state index contributed by atoms with van der Waals surface area (Å²) in [5.74, 6) is 1.87. The van der Waals surface area contributed by atoms with Gasteiger partial charge in [0.05, 0.1) is 26.7 Å². The molecule has 3 aliphatic heterocycles. The van der Waals surface area contributed by atoms with Gasteiger partial charge >= 0.3 is 0 Å². The third-order valence-corrected chi connectivity index (χ3v) is 7.45. The monoisotopic (exact) mass is 429 g/mol. The second-order valence-corrected chi connectivity index (χ2v) is 9.40. The first kappa shape index (κ1) is 21.9. The number of carbonyl (C=O) groups excluding carboxylic acids is 2. The molecule has 1 aromatic carbocycles. The fraction of sp³-hybridized carbons (Fsp3) is 0.667. The maximum absolute atomic E-state index is 13.0. The summed E-state index contributed by atoms with van der Waals surface area (Å²) in [4.78, 5) is 32.2. The van der Waals surface area contributed by atoms with E-state index in [0.717, 1.165) is 76.1 Å². The minimum absolute atomic E-state index is 0.00129. The highest BCUT2D eigenvalue weighted by molar-refractivity contribution is 5.82. The molecule has 2 amide bonds. The number of nitrogens with zero attached hydrogens (tertiary/aromatic N) is 3. The summed E-state index contributed by atoms with van der Waals surface area (Å²) in [5, 5.41) is 0. The van der Waals surface area contributed by atoms with Crippen LogP contribution in [0.25, 0.3) is 0 Å². The van der Waals surface area contributed by atoms with Crippen LogP contribution in [0.1, 0.15) is 37.7 Å². The largest absolute Gasteiger partial charge is 0.497 e. The number of likely N-dealkylation sites (tertiary alicyclic amines) is 3. The van der Waals surface area contributed by atoms with E-state index in [9.17, 15) is 9.59 Å². The number of rotatable bonds is 5. The van der Waals surface area contributed by atoms with E-state index in [2.05, 4.69) is 11.9 Å². The topological polar surface area (TPSA) is 62.3 Å². The number of amides is 2. The molecule has 31 heavy (non-hydrogen) atoms. The molecule has 0 aromatic heterocycles. The van der Waals surface area contributed by atoms with Gasteiger partial charge in [-0.15, -0.1) is 0 Å². The lowest BCUT2D eigenvalue weighted by atomic mass is 9.76. The van der Waals surface area contributed by atoms with E-state index in [-0.39, 0.29) is 17.4 Å². The Kier molecular flexibility index (Phi) is 6.42. The van der Waals surface area contributed by atoms with Crippen LogP contribution in [-0.4, -0.2) is 86.5 Å². The summed E-state index contributed by atoms with van der Waals surface area (Å²) in [6, 6.07) is 5.57. The maximum Gasteiger partial charge on any atom is 0.239 e. The van der Waals surface area contributed by atoms with Crippen LogP contribution in [0.2, 0.25) is 0 Å². The van der Waals surface area contributed by atoms with Crippen LogP contribution in [0.4, 0.5) is 0 Å². The number of benzene rings is 1. The number of methoxy groups -OCH3 is 2. The molecule has 0 aliphatic carbocycles. The fourth-order valence-electron chi connectivity index (χ4n) is 5.58. The van der Waals surface area contributed by atoms with E-state index < -0.39 is 0 Å². The number of piperidine rings is 1. The normalized spacial score (nSPS) is 23.4. The molecule has 3 saturated heterocycles. The highest BCUT2D eigenvalue weighted by Crippen LogP contribution is 2.43. The van der Waals surface area contributed by atoms with Crippen molar-refractivity contribution in [1.82, 2.24) is 14.7 Å². The molecule has 4 rings (SSSR count). The second kappa shape index (κ2) is 9.07. The molecule has 3 aliphatic rings. The quantitative estimate of drug-likeness (QED) is 0.718. The summed E-state index contributed by atoms with van der Waals surface area (Å²) in [5.41, 5.74) is 1.00. The molecule has 1 spiro atoms. The Bertz CT molecular complexity index is 813. The fourth-order valence-corrected chi connectivity index (χ4v) is 5.58. The number of hydrogen-bond donors (Lipinski definition) is 0. The van der Waals surface area contributed by atoms with Crippen molar-refractivity contribution in [2.24, 2.45) is 5.41 Å². The molecule has 7 heteroatoms. The summed E-state index contributed by atoms with van der Waals surface area (Å²) < 4.78 is 10.7. The molecule has 1 atom stereocenters. The number of carbonyl (C=O) groups is 2. The molecule has 3 fully saturated rings. The van der Waals surface area contributed by atoms with Crippen molar-refractivity contribution in [3.05, 3.63) is 23.8 Å². The van der Waals surface area contributed by atoms with Crippen LogP contribution < -0.4 is 9.47 Å². The van der Waals surface area contributed by atoms with Gasteiger partial charge in [-0.3, -0.25) is 14.5 Å². The molecule has 1 unspecified atom stereocenters. The Morgan fingerprint density at radius 1 is 1.03 bits per heavy atom. The smallest absolute Gasteiger partial charge is 0.239 e. The summed E-state index contributed by atoms with van der Waals surface area (Å²) in [7, 11) is 5.33. The van der Waals surface area contributed by atoms with Crippen molar-refractivity contribution in [3.8, 4) is 11.5 Å². The van der Waals surface area contributed by atoms with E-state index in [1.165, 1.54) is 0 Å². The van der Waals surface area contributed by atoms with Crippen molar-refractivity contribution in [2.75, 3.05) is 54.0 Å². The average Bonchev–Trinajstić information content (AvgIpc) is 3.42. The minimum atomic E-state index is 0.00129. The van der Waals surface area contributed by atoms with Gasteiger partial charge in [-0.05, 0) is 62.8 Å². The number of hydrogen-bond acceptors (Lipinski definition) is 5. The van der Waals surface area contributed by atoms with Gasteiger partial charge in [0.15, 0.2) is 0 Å². The molecular weight excluding hydrogens is 394 g/mol. The SMILES string of the molecule is COc1ccc(OC)c(CC(=O)N2CCC3(CC2)CC(C(=O)N2CCCC2)N(C)C3)c1. The Morgan fingerprint density at radius 2 is 1.74 bits per heavy atom. The van der Waals surface area contributed by atoms with E-state index in [0.29, 0.717) is 18.1 Å². The number of likely N-dealkylation sites (N-methyl/N-ethyl adjacent to an activating group) is 1. The van der Waals surface area contributed by atoms with Gasteiger partial charge in [0, 0.05) is 38.3 Å². The highest BCUT2D eigenvalue weighted by atomic mass is 16.5. The first-order valence-electron chi connectivity index (χ1n) is 11.4. The van der Waals surface area contributed by atoms with Gasteiger partial charge < -0.3 is 19.3 Å². The average molecular weight is 430 g/mol. The van der Waals surface area contributed by atoms with Gasteiger partial charge in [-0.1, -0.05) is 0 Å². The third-order valence-electron chi connectivity index (χ3n) is 7.45. The van der Waals surface area contributed by atoms with E-state index in [4.69, 9.17) is 9.47 Å². The van der Waals surface area contributed by atoms with Gasteiger partial charge in [0.25, 0.3) is 0 Å². The van der Waals surface area contributed by atoms with Crippen molar-refractivity contribution < 1.29 is 19.1 Å². The summed E-state index contributed by atoms with van der Waals surface area (Å²) in [6.07, 6.45) is 5.41. The molecule has 170 valence electrons. The molecule has 3 heterocycles. The van der Waals surface area contributed by atoms with Crippen LogP contribution in [0, 0.1) is 5.41 Å². The van der Waals surface area contributed by atoms with E-state index in [1.807, 2.05) is 28.0 Å². The number of ether oxygens (including phenoxy) is 2. The van der Waals surface area contributed by atoms with Crippen LogP contribution in [0.5, 0.6) is 11.5 Å². The van der Waals surface area contributed by atoms with Crippen molar-refractivity contribution in [2.45, 2.75) is 44.6 Å². The Labute approximate surface area is 185 Å². The molecule has 0 bridgehead atoms. The van der Waals surface area contributed by atoms with Gasteiger partial charge in [0.2, 0.25) is 11.8 Å². The summed E-state index contributed by atoms with van der Waals surface area (Å²) >= 11 is 0. The predicted molar refractivity (Wildman–Crippen MR) is 118 cm³/mol. The van der Waals surface area contributed by atoms with Crippen LogP contribution >= 0.6 is 0 Å². The Morgan fingerprint density at radius 3 is 2.39 bits per heavy atom. The van der Waals surface area contributed by atoms with Gasteiger partial charge in [-0.2, -0.15) is 0 Å². The minimum Gasteiger partial charge on any atom is -0.497 e. The second-order valence-electron chi connectivity index (χ2n) is 9.40. The zero-order valence-corrected chi connectivity index (χ0v) is 19.1. The van der Waals surface area contributed by atoms with Gasteiger partial charge in [-0.25, -0.2) is 0 Å². The van der Waals surface area contributed by atoms with Crippen molar-refractivity contribution in [1.29, 1.82) is 0 Å². The molecule has 0 N–H and O–H groups in total. The zero-order valence-electron chi connectivity index (χ0n) is 19.1. The first-order chi connectivity index (χ1) is 14.9. The molecule has 0 saturated carbocycles. The van der Waals surface area contributed by atoms with Crippen molar-refractivity contribution in [3.63, 3.8) is 0 Å². The first-order valence-corrected chi connectivity index (χ1v) is 11.4.